The van der Waals surface area contributed by atoms with Crippen molar-refractivity contribution in [1.82, 2.24) is 0 Å². The number of aliphatic carboxylic acids is 1. The van der Waals surface area contributed by atoms with Crippen molar-refractivity contribution in [3.8, 4) is 17.2 Å². The first kappa shape index (κ1) is 117. The molecular weight excluding hydrogens is 1960 g/mol. The summed E-state index contributed by atoms with van der Waals surface area (Å²) in [5.74, 6) is 2.48. The number of aldehydes is 3. The van der Waals surface area contributed by atoms with Crippen LogP contribution >= 0.6 is 66.2 Å². The molecule has 11 aromatic rings. The van der Waals surface area contributed by atoms with Gasteiger partial charge in [0.05, 0.1) is 71.3 Å². The lowest BCUT2D eigenvalue weighted by atomic mass is 10.1. The number of aliphatic hydroxyl groups is 2. The number of ether oxygens (including phenoxy) is 6. The summed E-state index contributed by atoms with van der Waals surface area (Å²) in [5.41, 5.74) is 1.78. The van der Waals surface area contributed by atoms with E-state index in [4.69, 9.17) is 56.7 Å². The van der Waals surface area contributed by atoms with Crippen LogP contribution in [0.3, 0.4) is 0 Å². The van der Waals surface area contributed by atoms with E-state index in [1.54, 1.807) is 69.3 Å². The van der Waals surface area contributed by atoms with E-state index in [1.807, 2.05) is 111 Å². The molecule has 0 spiro atoms. The first-order valence-electron chi connectivity index (χ1n) is 41.5. The fraction of sp³-hybridized carbons (Fsp3) is 0.214. The number of benzene rings is 11. The summed E-state index contributed by atoms with van der Waals surface area (Å²) in [5, 5.41) is 32.6. The predicted molar refractivity (Wildman–Crippen MR) is 520 cm³/mol. The first-order chi connectivity index (χ1) is 65.9. The number of alkyl halides is 17. The molecule has 0 bridgehead atoms. The summed E-state index contributed by atoms with van der Waals surface area (Å²) in [6.45, 7) is 7.74. The third kappa shape index (κ3) is 44.8. The van der Waals surface area contributed by atoms with Crippen molar-refractivity contribution < 1.29 is 138 Å². The van der Waals surface area contributed by atoms with Crippen molar-refractivity contribution in [1.29, 1.82) is 0 Å². The molecule has 0 aromatic heterocycles. The van der Waals surface area contributed by atoms with E-state index in [-0.39, 0.29) is 36.2 Å². The molecule has 3 N–H and O–H groups in total. The molecule has 1 aliphatic rings. The van der Waals surface area contributed by atoms with Gasteiger partial charge in [-0.15, -0.1) is 59.4 Å². The van der Waals surface area contributed by atoms with Crippen LogP contribution < -0.4 is 30.1 Å². The topological polar surface area (TPSA) is 222 Å². The highest BCUT2D eigenvalue weighted by molar-refractivity contribution is 7.99. The maximum Gasteiger partial charge on any atom is 0.416 e. The van der Waals surface area contributed by atoms with Crippen LogP contribution in [0.2, 0.25) is 0 Å². The molecule has 1 fully saturated rings. The second-order valence-corrected chi connectivity index (χ2v) is 35.5. The molecule has 11 aromatic carbocycles. The molecule has 15 nitrogen and oxygen atoms in total. The van der Waals surface area contributed by atoms with Gasteiger partial charge in [-0.05, 0) is 223 Å². The normalized spacial score (nSPS) is 12.7. The van der Waals surface area contributed by atoms with Crippen molar-refractivity contribution in [3.05, 3.63) is 364 Å². The van der Waals surface area contributed by atoms with Gasteiger partial charge in [0, 0.05) is 31.8 Å². The second-order valence-electron chi connectivity index (χ2n) is 28.7. The number of carboxylic acids is 1. The average Bonchev–Trinajstić information content (AvgIpc) is 1.61. The van der Waals surface area contributed by atoms with Gasteiger partial charge in [-0.1, -0.05) is 194 Å². The molecule has 3 unspecified atom stereocenters. The minimum Gasteiger partial charge on any atom is -0.482 e. The van der Waals surface area contributed by atoms with Crippen LogP contribution in [0.25, 0.3) is 24.3 Å². The van der Waals surface area contributed by atoms with Crippen molar-refractivity contribution >= 4 is 149 Å². The van der Waals surface area contributed by atoms with Crippen LogP contribution in [0.5, 0.6) is 17.2 Å². The molecule has 36 heteroatoms. The van der Waals surface area contributed by atoms with Crippen molar-refractivity contribution in [3.63, 3.8) is 0 Å². The Morgan fingerprint density at radius 2 is 0.734 bits per heavy atom. The number of carbonyl (C=O) groups excluding carboxylic acids is 5. The van der Waals surface area contributed by atoms with Crippen LogP contribution in [-0.4, -0.2) is 133 Å². The maximum atomic E-state index is 12.6. The number of hydrogen-bond acceptors (Lipinski definition) is 17. The molecule has 139 heavy (non-hydrogen) atoms. The molecular formula is C103H96Cl2F15O15PS3. The van der Waals surface area contributed by atoms with Crippen LogP contribution in [0.15, 0.2) is 306 Å². The van der Waals surface area contributed by atoms with E-state index >= 15 is 0 Å². The van der Waals surface area contributed by atoms with E-state index in [1.165, 1.54) is 106 Å². The maximum absolute atomic E-state index is 12.6. The number of esters is 2. The summed E-state index contributed by atoms with van der Waals surface area (Å²) in [6, 6.07) is 70.2. The minimum absolute atomic E-state index is 0.0550. The van der Waals surface area contributed by atoms with Gasteiger partial charge in [0.25, 0.3) is 0 Å². The number of hydrogen-bond donors (Lipinski definition) is 4. The van der Waals surface area contributed by atoms with Crippen LogP contribution in [0.1, 0.15) is 91.0 Å². The van der Waals surface area contributed by atoms with Crippen molar-refractivity contribution in [2.75, 3.05) is 56.5 Å². The zero-order chi connectivity index (χ0) is 103. The van der Waals surface area contributed by atoms with Gasteiger partial charge in [0.1, 0.15) is 36.1 Å². The van der Waals surface area contributed by atoms with Crippen LogP contribution in [0, 0.1) is 20.8 Å². The number of epoxide rings is 1. The average molecular weight is 2060 g/mol. The second kappa shape index (κ2) is 60.1. The number of aliphatic hydroxyl groups excluding tert-OH is 2. The van der Waals surface area contributed by atoms with Gasteiger partial charge in [-0.25, -0.2) is 14.4 Å². The minimum atomic E-state index is -4.37. The Hall–Kier alpha value is -12.0. The van der Waals surface area contributed by atoms with E-state index in [2.05, 4.69) is 49.0 Å². The lowest BCUT2D eigenvalue weighted by molar-refractivity contribution is -0.146. The molecule has 1 aliphatic heterocycles. The number of carbonyl (C=O) groups is 6. The monoisotopic (exact) mass is 2050 g/mol. The van der Waals surface area contributed by atoms with Gasteiger partial charge < -0.3 is 43.7 Å². The van der Waals surface area contributed by atoms with Crippen LogP contribution in [-0.2, 0) is 69.1 Å². The fourth-order valence-electron chi connectivity index (χ4n) is 11.5. The van der Waals surface area contributed by atoms with E-state index in [9.17, 15) is 105 Å². The Labute approximate surface area is 818 Å². The Morgan fingerprint density at radius 3 is 1.01 bits per heavy atom. The molecule has 0 amide bonds. The predicted octanol–water partition coefficient (Wildman–Crippen LogP) is 24.9. The third-order valence-corrected chi connectivity index (χ3v) is 24.7. The summed E-state index contributed by atoms with van der Waals surface area (Å²) >= 11 is 16.5. The van der Waals surface area contributed by atoms with Crippen LogP contribution in [0.4, 0.5) is 65.9 Å². The Kier molecular flexibility index (Phi) is 50.8. The quantitative estimate of drug-likeness (QED) is 0.00378. The zero-order valence-corrected chi connectivity index (χ0v) is 79.7. The lowest BCUT2D eigenvalue weighted by Gasteiger charge is -2.27. The Morgan fingerprint density at radius 1 is 0.432 bits per heavy atom. The number of thioether (sulfide) groups is 2. The summed E-state index contributed by atoms with van der Waals surface area (Å²) in [6.07, 6.45) is -8.56. The highest BCUT2D eigenvalue weighted by atomic mass is 35.5. The molecule has 740 valence electrons. The molecule has 1 heterocycles. The molecule has 0 aliphatic carbocycles. The van der Waals surface area contributed by atoms with Crippen molar-refractivity contribution in [2.24, 2.45) is 0 Å². The zero-order valence-electron chi connectivity index (χ0n) is 74.8. The largest absolute Gasteiger partial charge is 0.482 e. The van der Waals surface area contributed by atoms with Crippen molar-refractivity contribution in [2.45, 2.75) is 98.5 Å². The van der Waals surface area contributed by atoms with E-state index in [0.29, 0.717) is 77.8 Å². The Balaban J connectivity index is 0.000000291. The van der Waals surface area contributed by atoms with E-state index in [0.717, 1.165) is 116 Å². The number of aryl methyl sites for hydroxylation is 3. The molecule has 1 saturated heterocycles. The summed E-state index contributed by atoms with van der Waals surface area (Å²) in [7, 11) is 0. The molecule has 12 rings (SSSR count). The highest BCUT2D eigenvalue weighted by Crippen LogP contribution is 2.44. The SMILES string of the molecule is CCOC(=O)COc1ccc(S)cc1C.CCOC(=O)COc1ccc(SCC(O)/C=C/c2ccc(C(F)(F)F)cc2)cc1C.Cc1cc(SCC(O)/C=C/c2ccc(C(F)(F)F)cc2)ccc1OCC(=O)O.ClCCl.FC(F)(F)c1ccc(/C=C/C2CO2)cc1.O=C/C=C/c1ccc(C(F)(F)F)cc1.O=CC=P(c1ccccc1)(c1ccccc1)c1ccccc1.O=Cc1ccc(C(F)(F)F)cc1. The number of carboxylic acid groups (broad SMARTS) is 1. The van der Waals surface area contributed by atoms with E-state index < -0.39 is 96.3 Å². The molecule has 0 radical (unpaired) electrons. The highest BCUT2D eigenvalue weighted by Gasteiger charge is 2.34. The van der Waals surface area contributed by atoms with Gasteiger partial charge in [-0.2, -0.15) is 65.9 Å². The summed E-state index contributed by atoms with van der Waals surface area (Å²) < 4.78 is 214. The smallest absolute Gasteiger partial charge is 0.416 e. The van der Waals surface area contributed by atoms with Gasteiger partial charge in [0.15, 0.2) is 19.8 Å². The third-order valence-electron chi connectivity index (χ3n) is 18.3. The van der Waals surface area contributed by atoms with Gasteiger partial charge >= 0.3 is 48.8 Å². The number of halogens is 17. The fourth-order valence-corrected chi connectivity index (χ4v) is 17.1. The van der Waals surface area contributed by atoms with Gasteiger partial charge in [0.2, 0.25) is 0 Å². The number of thiol groups is 1. The summed E-state index contributed by atoms with van der Waals surface area (Å²) in [4.78, 5) is 67.1. The van der Waals surface area contributed by atoms with Gasteiger partial charge in [-0.3, -0.25) is 14.4 Å². The molecule has 0 saturated carbocycles. The number of rotatable bonds is 30. The molecule has 3 atom stereocenters. The number of allylic oxidation sites excluding steroid dienone is 1. The lowest BCUT2D eigenvalue weighted by Crippen LogP contribution is -2.27. The Bertz CT molecular complexity index is 5670. The standard InChI is InChI=1S/C22H23F3O4S.C20H19F3O4S.C20H17OP.C11H9F3O.C11H14O3S.C10H7F3O.C8H5F3O.CH2Cl2/c1-3-28-21(27)13-29-20-11-10-19(12-15(20)2)30-14-18(26)9-6-16-4-7-17(8-5-16)22(23,24)25;1-13-10-17(8-9-18(13)27-11-19(25)26)28-12-16(24)7-4-14-2-5-15(6-3-14)20(21,22)23;21-16-17-22(18-10-4-1-5-11-18,19-12-6-2-7-13-19)20-14-8-3-9-15-20;12-11(13,14)9-4-1-8(2-5-9)3-6-10-7-15-10;1-3-13-11(12)7-14-10-5-4-9(15)6-8(10)2;11-10(12,13)9-5-3-8(4-6-9)2-1-7-14;9-8(10,11)7-3-1-6(5-12)2-4-7;2-1-3/h4-12,18,26H,3,13-14H2,1-2H3;2-10,16,24H,11-12H2,1H3,(H,25,26);1-17H;1-6,10H,7H2;4-6,15H,3,7H2,1-2H3;1-7H;1-5H;1H2/b9-6+;7-4+;;6-3+;;2-1+;;. The first-order valence-corrected chi connectivity index (χ1v) is 46.8.